The van der Waals surface area contributed by atoms with Gasteiger partial charge in [-0.2, -0.15) is 0 Å². The molecule has 0 saturated heterocycles. The Kier molecular flexibility index (Phi) is 4.35. The van der Waals surface area contributed by atoms with Crippen molar-refractivity contribution in [1.29, 1.82) is 0 Å². The van der Waals surface area contributed by atoms with Crippen LogP contribution >= 0.6 is 0 Å². The van der Waals surface area contributed by atoms with Gasteiger partial charge in [-0.25, -0.2) is 0 Å². The molecule has 1 rings (SSSR count). The Bertz CT molecular complexity index is 383. The predicted octanol–water partition coefficient (Wildman–Crippen LogP) is 2.53. The van der Waals surface area contributed by atoms with Gasteiger partial charge in [0.15, 0.2) is 0 Å². The van der Waals surface area contributed by atoms with E-state index in [0.717, 1.165) is 22.6 Å². The molecule has 0 unspecified atom stereocenters. The maximum atomic E-state index is 11.0. The van der Waals surface area contributed by atoms with Crippen LogP contribution in [0.15, 0.2) is 12.1 Å². The molecule has 16 heavy (non-hydrogen) atoms. The molecule has 1 aromatic rings. The van der Waals surface area contributed by atoms with Gasteiger partial charge in [0.25, 0.3) is 0 Å². The van der Waals surface area contributed by atoms with E-state index in [1.165, 1.54) is 0 Å². The van der Waals surface area contributed by atoms with Crippen molar-refractivity contribution < 1.29 is 14.3 Å². The van der Waals surface area contributed by atoms with E-state index in [9.17, 15) is 4.79 Å². The highest BCUT2D eigenvalue weighted by molar-refractivity contribution is 5.75. The summed E-state index contributed by atoms with van der Waals surface area (Å²) in [5.74, 6) is 1.83. The summed E-state index contributed by atoms with van der Waals surface area (Å²) < 4.78 is 10.5. The van der Waals surface area contributed by atoms with Gasteiger partial charge in [-0.1, -0.05) is 0 Å². The van der Waals surface area contributed by atoms with Gasteiger partial charge in [-0.05, 0) is 43.5 Å². The molecule has 0 aliphatic rings. The highest BCUT2D eigenvalue weighted by Gasteiger charge is 2.09. The molecule has 88 valence electrons. The number of methoxy groups -OCH3 is 2. The van der Waals surface area contributed by atoms with Crippen molar-refractivity contribution in [2.24, 2.45) is 0 Å². The SMILES string of the molecule is COc1cc(CCC(C)=O)c(OC)cc1C. The summed E-state index contributed by atoms with van der Waals surface area (Å²) in [5.41, 5.74) is 2.05. The van der Waals surface area contributed by atoms with Crippen molar-refractivity contribution in [1.82, 2.24) is 0 Å². The number of Topliss-reactive ketones (excluding diaryl/α,β-unsaturated/α-hetero) is 1. The van der Waals surface area contributed by atoms with Crippen LogP contribution in [-0.4, -0.2) is 20.0 Å². The number of carbonyl (C=O) groups is 1. The number of hydrogen-bond acceptors (Lipinski definition) is 3. The van der Waals surface area contributed by atoms with Gasteiger partial charge in [0.1, 0.15) is 17.3 Å². The van der Waals surface area contributed by atoms with E-state index in [-0.39, 0.29) is 5.78 Å². The number of ether oxygens (including phenoxy) is 2. The van der Waals surface area contributed by atoms with Crippen LogP contribution < -0.4 is 9.47 Å². The molecule has 0 N–H and O–H groups in total. The Labute approximate surface area is 96.4 Å². The predicted molar refractivity (Wildman–Crippen MR) is 63.3 cm³/mol. The Morgan fingerprint density at radius 2 is 1.81 bits per heavy atom. The van der Waals surface area contributed by atoms with Gasteiger partial charge >= 0.3 is 0 Å². The molecule has 0 saturated carbocycles. The molecule has 1 aromatic carbocycles. The Hall–Kier alpha value is -1.51. The monoisotopic (exact) mass is 222 g/mol. The number of benzene rings is 1. The zero-order valence-corrected chi connectivity index (χ0v) is 10.3. The summed E-state index contributed by atoms with van der Waals surface area (Å²) >= 11 is 0. The molecule has 0 spiro atoms. The van der Waals surface area contributed by atoms with Gasteiger partial charge < -0.3 is 14.3 Å². The summed E-state index contributed by atoms with van der Waals surface area (Å²) in [6.07, 6.45) is 1.22. The van der Waals surface area contributed by atoms with E-state index in [2.05, 4.69) is 0 Å². The minimum absolute atomic E-state index is 0.182. The normalized spacial score (nSPS) is 10.0. The molecule has 0 atom stereocenters. The van der Waals surface area contributed by atoms with Crippen molar-refractivity contribution in [3.8, 4) is 11.5 Å². The highest BCUT2D eigenvalue weighted by atomic mass is 16.5. The zero-order chi connectivity index (χ0) is 12.1. The molecule has 0 amide bonds. The maximum absolute atomic E-state index is 11.0. The minimum Gasteiger partial charge on any atom is -0.496 e. The van der Waals surface area contributed by atoms with E-state index in [1.54, 1.807) is 21.1 Å². The number of ketones is 1. The lowest BCUT2D eigenvalue weighted by Crippen LogP contribution is -1.99. The van der Waals surface area contributed by atoms with Crippen LogP contribution in [0.1, 0.15) is 24.5 Å². The maximum Gasteiger partial charge on any atom is 0.130 e. The smallest absolute Gasteiger partial charge is 0.130 e. The zero-order valence-electron chi connectivity index (χ0n) is 10.3. The molecule has 3 heteroatoms. The standard InChI is InChI=1S/C13H18O3/c1-9-7-13(16-4)11(6-5-10(2)14)8-12(9)15-3/h7-8H,5-6H2,1-4H3. The third kappa shape index (κ3) is 2.99. The molecule has 0 radical (unpaired) electrons. The number of aryl methyl sites for hydroxylation is 2. The van der Waals surface area contributed by atoms with Gasteiger partial charge in [0.2, 0.25) is 0 Å². The second kappa shape index (κ2) is 5.54. The topological polar surface area (TPSA) is 35.5 Å². The van der Waals surface area contributed by atoms with Gasteiger partial charge in [0, 0.05) is 6.42 Å². The quantitative estimate of drug-likeness (QED) is 0.768. The summed E-state index contributed by atoms with van der Waals surface area (Å²) in [4.78, 5) is 11.0. The first-order valence-electron chi connectivity index (χ1n) is 5.29. The van der Waals surface area contributed by atoms with Crippen molar-refractivity contribution in [2.45, 2.75) is 26.7 Å². The van der Waals surface area contributed by atoms with E-state index in [0.29, 0.717) is 12.8 Å². The van der Waals surface area contributed by atoms with Gasteiger partial charge in [-0.3, -0.25) is 0 Å². The first-order valence-corrected chi connectivity index (χ1v) is 5.29. The second-order valence-corrected chi connectivity index (χ2v) is 3.84. The van der Waals surface area contributed by atoms with E-state index >= 15 is 0 Å². The summed E-state index contributed by atoms with van der Waals surface area (Å²) in [6, 6.07) is 3.88. The van der Waals surface area contributed by atoms with Crippen molar-refractivity contribution in [3.63, 3.8) is 0 Å². The van der Waals surface area contributed by atoms with E-state index < -0.39 is 0 Å². The van der Waals surface area contributed by atoms with Crippen LogP contribution in [0.2, 0.25) is 0 Å². The molecule has 3 nitrogen and oxygen atoms in total. The van der Waals surface area contributed by atoms with Crippen LogP contribution in [-0.2, 0) is 11.2 Å². The lowest BCUT2D eigenvalue weighted by Gasteiger charge is -2.12. The van der Waals surface area contributed by atoms with Crippen molar-refractivity contribution >= 4 is 5.78 Å². The summed E-state index contributed by atoms with van der Waals surface area (Å²) in [5, 5.41) is 0. The van der Waals surface area contributed by atoms with Crippen LogP contribution in [0.3, 0.4) is 0 Å². The van der Waals surface area contributed by atoms with Gasteiger partial charge in [-0.15, -0.1) is 0 Å². The molecule has 0 heterocycles. The minimum atomic E-state index is 0.182. The number of rotatable bonds is 5. The fourth-order valence-electron chi connectivity index (χ4n) is 1.62. The van der Waals surface area contributed by atoms with Crippen LogP contribution in [0.25, 0.3) is 0 Å². The third-order valence-electron chi connectivity index (χ3n) is 2.54. The lowest BCUT2D eigenvalue weighted by atomic mass is 10.0. The average molecular weight is 222 g/mol. The van der Waals surface area contributed by atoms with Crippen LogP contribution in [0, 0.1) is 6.92 Å². The number of carbonyl (C=O) groups excluding carboxylic acids is 1. The summed E-state index contributed by atoms with van der Waals surface area (Å²) in [6.45, 7) is 3.56. The van der Waals surface area contributed by atoms with E-state index in [4.69, 9.17) is 9.47 Å². The Balaban J connectivity index is 2.99. The fraction of sp³-hybridized carbons (Fsp3) is 0.462. The Morgan fingerprint density at radius 1 is 1.19 bits per heavy atom. The summed E-state index contributed by atoms with van der Waals surface area (Å²) in [7, 11) is 3.28. The van der Waals surface area contributed by atoms with Gasteiger partial charge in [0.05, 0.1) is 14.2 Å². The Morgan fingerprint density at radius 3 is 2.31 bits per heavy atom. The van der Waals surface area contributed by atoms with Crippen LogP contribution in [0.4, 0.5) is 0 Å². The molecular weight excluding hydrogens is 204 g/mol. The molecule has 0 aliphatic heterocycles. The first-order chi connectivity index (χ1) is 7.58. The van der Waals surface area contributed by atoms with Crippen molar-refractivity contribution in [3.05, 3.63) is 23.3 Å². The molecule has 0 bridgehead atoms. The third-order valence-corrected chi connectivity index (χ3v) is 2.54. The van der Waals surface area contributed by atoms with Crippen molar-refractivity contribution in [2.75, 3.05) is 14.2 Å². The molecule has 0 fully saturated rings. The average Bonchev–Trinajstić information content (AvgIpc) is 2.26. The number of hydrogen-bond donors (Lipinski definition) is 0. The molecule has 0 aliphatic carbocycles. The second-order valence-electron chi connectivity index (χ2n) is 3.84. The largest absolute Gasteiger partial charge is 0.496 e. The molecular formula is C13H18O3. The van der Waals surface area contributed by atoms with Crippen LogP contribution in [0.5, 0.6) is 11.5 Å². The van der Waals surface area contributed by atoms with E-state index in [1.807, 2.05) is 19.1 Å². The first kappa shape index (κ1) is 12.6. The fourth-order valence-corrected chi connectivity index (χ4v) is 1.62. The molecule has 0 aromatic heterocycles. The lowest BCUT2D eigenvalue weighted by molar-refractivity contribution is -0.116. The highest BCUT2D eigenvalue weighted by Crippen LogP contribution is 2.29.